The molecular weight excluding hydrogens is 362 g/mol. The summed E-state index contributed by atoms with van der Waals surface area (Å²) >= 11 is 1.25. The number of benzene rings is 1. The molecule has 0 aliphatic heterocycles. The van der Waals surface area contributed by atoms with Crippen molar-refractivity contribution in [2.45, 2.75) is 13.8 Å². The van der Waals surface area contributed by atoms with E-state index >= 15 is 0 Å². The molecule has 0 spiro atoms. The van der Waals surface area contributed by atoms with Gasteiger partial charge in [-0.3, -0.25) is 9.59 Å². The molecule has 27 heavy (non-hydrogen) atoms. The zero-order chi connectivity index (χ0) is 19.2. The monoisotopic (exact) mass is 383 g/mol. The number of likely N-dealkylation sites (N-methyl/N-ethyl adjacent to an activating group) is 1. The van der Waals surface area contributed by atoms with Crippen LogP contribution in [0.4, 0.5) is 0 Å². The highest BCUT2D eigenvalue weighted by atomic mass is 32.1. The SMILES string of the molecule is CCN(CC)C(=O)CNC(=O)c1sc(-c2ccco2)nc1-c1ccccc1. The Morgan fingerprint density at radius 2 is 1.85 bits per heavy atom. The Labute approximate surface area is 161 Å². The van der Waals surface area contributed by atoms with E-state index in [1.165, 1.54) is 11.3 Å². The lowest BCUT2D eigenvalue weighted by Gasteiger charge is -2.18. The first-order valence-corrected chi connectivity index (χ1v) is 9.61. The molecule has 0 aliphatic rings. The third-order valence-corrected chi connectivity index (χ3v) is 5.20. The number of hydrogen-bond donors (Lipinski definition) is 1. The first-order chi connectivity index (χ1) is 13.1. The molecule has 0 aliphatic carbocycles. The third-order valence-electron chi connectivity index (χ3n) is 4.13. The van der Waals surface area contributed by atoms with Crippen LogP contribution in [0, 0.1) is 0 Å². The molecule has 3 rings (SSSR count). The van der Waals surface area contributed by atoms with Crippen LogP contribution < -0.4 is 5.32 Å². The van der Waals surface area contributed by atoms with E-state index in [1.54, 1.807) is 23.3 Å². The van der Waals surface area contributed by atoms with Gasteiger partial charge in [0.15, 0.2) is 10.8 Å². The fourth-order valence-corrected chi connectivity index (χ4v) is 3.67. The van der Waals surface area contributed by atoms with Crippen molar-refractivity contribution in [1.82, 2.24) is 15.2 Å². The molecule has 0 saturated heterocycles. The van der Waals surface area contributed by atoms with E-state index in [0.717, 1.165) is 5.56 Å². The zero-order valence-electron chi connectivity index (χ0n) is 15.3. The molecule has 7 heteroatoms. The van der Waals surface area contributed by atoms with E-state index in [4.69, 9.17) is 4.42 Å². The Morgan fingerprint density at radius 1 is 1.11 bits per heavy atom. The quantitative estimate of drug-likeness (QED) is 0.675. The van der Waals surface area contributed by atoms with Crippen molar-refractivity contribution >= 4 is 23.2 Å². The maximum absolute atomic E-state index is 12.8. The van der Waals surface area contributed by atoms with Gasteiger partial charge in [0.25, 0.3) is 5.91 Å². The highest BCUT2D eigenvalue weighted by Gasteiger charge is 2.22. The van der Waals surface area contributed by atoms with Gasteiger partial charge in [-0.25, -0.2) is 4.98 Å². The molecule has 2 heterocycles. The van der Waals surface area contributed by atoms with Crippen molar-refractivity contribution in [3.8, 4) is 22.0 Å². The van der Waals surface area contributed by atoms with Gasteiger partial charge in [0, 0.05) is 18.7 Å². The van der Waals surface area contributed by atoms with Gasteiger partial charge in [-0.1, -0.05) is 30.3 Å². The number of thiazole rings is 1. The molecule has 1 N–H and O–H groups in total. The number of carbonyl (C=O) groups excluding carboxylic acids is 2. The molecule has 0 unspecified atom stereocenters. The highest BCUT2D eigenvalue weighted by molar-refractivity contribution is 7.17. The van der Waals surface area contributed by atoms with Crippen LogP contribution in [0.1, 0.15) is 23.5 Å². The molecule has 0 saturated carbocycles. The summed E-state index contributed by atoms with van der Waals surface area (Å²) < 4.78 is 5.42. The number of aromatic nitrogens is 1. The number of nitrogens with zero attached hydrogens (tertiary/aromatic N) is 2. The normalized spacial score (nSPS) is 10.6. The molecule has 0 bridgehead atoms. The predicted molar refractivity (Wildman–Crippen MR) is 106 cm³/mol. The van der Waals surface area contributed by atoms with Crippen LogP contribution in [0.15, 0.2) is 53.1 Å². The Bertz CT molecular complexity index is 900. The van der Waals surface area contributed by atoms with E-state index in [9.17, 15) is 9.59 Å². The maximum atomic E-state index is 12.8. The Kier molecular flexibility index (Phi) is 6.03. The molecule has 0 fully saturated rings. The van der Waals surface area contributed by atoms with Crippen LogP contribution >= 0.6 is 11.3 Å². The van der Waals surface area contributed by atoms with Crippen LogP contribution in [0.3, 0.4) is 0 Å². The number of nitrogens with one attached hydrogen (secondary N) is 1. The van der Waals surface area contributed by atoms with Crippen molar-refractivity contribution in [3.63, 3.8) is 0 Å². The zero-order valence-corrected chi connectivity index (χ0v) is 16.1. The predicted octanol–water partition coefficient (Wildman–Crippen LogP) is 3.67. The first-order valence-electron chi connectivity index (χ1n) is 8.80. The molecule has 0 atom stereocenters. The van der Waals surface area contributed by atoms with Crippen molar-refractivity contribution < 1.29 is 14.0 Å². The minimum atomic E-state index is -0.315. The van der Waals surface area contributed by atoms with Gasteiger partial charge in [-0.2, -0.15) is 0 Å². The van der Waals surface area contributed by atoms with Crippen LogP contribution in [-0.4, -0.2) is 41.3 Å². The second-order valence-corrected chi connectivity index (χ2v) is 6.79. The van der Waals surface area contributed by atoms with Gasteiger partial charge >= 0.3 is 0 Å². The van der Waals surface area contributed by atoms with E-state index in [0.29, 0.717) is 34.4 Å². The average molecular weight is 383 g/mol. The second kappa shape index (κ2) is 8.64. The number of amides is 2. The van der Waals surface area contributed by atoms with Crippen molar-refractivity contribution in [2.24, 2.45) is 0 Å². The minimum Gasteiger partial charge on any atom is -0.462 e. The van der Waals surface area contributed by atoms with E-state index in [-0.39, 0.29) is 18.4 Å². The molecule has 140 valence electrons. The molecule has 6 nitrogen and oxygen atoms in total. The van der Waals surface area contributed by atoms with Gasteiger partial charge in [-0.15, -0.1) is 11.3 Å². The van der Waals surface area contributed by atoms with Crippen LogP contribution in [-0.2, 0) is 4.79 Å². The summed E-state index contributed by atoms with van der Waals surface area (Å²) in [6.07, 6.45) is 1.57. The van der Waals surface area contributed by atoms with Crippen LogP contribution in [0.5, 0.6) is 0 Å². The van der Waals surface area contributed by atoms with Crippen LogP contribution in [0.2, 0.25) is 0 Å². The maximum Gasteiger partial charge on any atom is 0.264 e. The summed E-state index contributed by atoms with van der Waals surface area (Å²) in [5.74, 6) is 0.186. The average Bonchev–Trinajstić information content (AvgIpc) is 3.37. The van der Waals surface area contributed by atoms with Gasteiger partial charge in [-0.05, 0) is 26.0 Å². The summed E-state index contributed by atoms with van der Waals surface area (Å²) in [7, 11) is 0. The van der Waals surface area contributed by atoms with Gasteiger partial charge in [0.2, 0.25) is 5.91 Å². The Hall–Kier alpha value is -2.93. The smallest absolute Gasteiger partial charge is 0.264 e. The molecule has 2 amide bonds. The van der Waals surface area contributed by atoms with Crippen molar-refractivity contribution in [3.05, 3.63) is 53.6 Å². The van der Waals surface area contributed by atoms with E-state index in [2.05, 4.69) is 10.3 Å². The van der Waals surface area contributed by atoms with Crippen molar-refractivity contribution in [2.75, 3.05) is 19.6 Å². The Balaban J connectivity index is 1.87. The third kappa shape index (κ3) is 4.25. The number of hydrogen-bond acceptors (Lipinski definition) is 5. The van der Waals surface area contributed by atoms with Gasteiger partial charge in [0.05, 0.1) is 18.5 Å². The molecule has 2 aromatic heterocycles. The number of furan rings is 1. The summed E-state index contributed by atoms with van der Waals surface area (Å²) in [5.41, 5.74) is 1.42. The number of rotatable bonds is 7. The topological polar surface area (TPSA) is 75.4 Å². The highest BCUT2D eigenvalue weighted by Crippen LogP contribution is 2.34. The van der Waals surface area contributed by atoms with Crippen LogP contribution in [0.25, 0.3) is 22.0 Å². The lowest BCUT2D eigenvalue weighted by atomic mass is 10.1. The summed E-state index contributed by atoms with van der Waals surface area (Å²) in [6.45, 7) is 5.02. The van der Waals surface area contributed by atoms with E-state index in [1.807, 2.05) is 44.2 Å². The van der Waals surface area contributed by atoms with Gasteiger partial charge in [0.1, 0.15) is 4.88 Å². The molecule has 0 radical (unpaired) electrons. The second-order valence-electron chi connectivity index (χ2n) is 5.79. The van der Waals surface area contributed by atoms with Crippen molar-refractivity contribution in [1.29, 1.82) is 0 Å². The lowest BCUT2D eigenvalue weighted by Crippen LogP contribution is -2.39. The molecule has 3 aromatic rings. The summed E-state index contributed by atoms with van der Waals surface area (Å²) in [6, 6.07) is 13.1. The summed E-state index contributed by atoms with van der Waals surface area (Å²) in [5, 5.41) is 3.35. The van der Waals surface area contributed by atoms with Gasteiger partial charge < -0.3 is 14.6 Å². The minimum absolute atomic E-state index is 0.0390. The largest absolute Gasteiger partial charge is 0.462 e. The molecule has 1 aromatic carbocycles. The molecular formula is C20H21N3O3S. The summed E-state index contributed by atoms with van der Waals surface area (Å²) in [4.78, 5) is 31.7. The number of carbonyl (C=O) groups is 2. The Morgan fingerprint density at radius 3 is 2.48 bits per heavy atom. The first kappa shape index (κ1) is 18.8. The van der Waals surface area contributed by atoms with E-state index < -0.39 is 0 Å². The lowest BCUT2D eigenvalue weighted by molar-refractivity contribution is -0.129. The standard InChI is InChI=1S/C20H21N3O3S/c1-3-23(4-2)16(24)13-21-19(25)18-17(14-9-6-5-7-10-14)22-20(27-18)15-11-8-12-26-15/h5-12H,3-4,13H2,1-2H3,(H,21,25). The fourth-order valence-electron chi connectivity index (χ4n) is 2.70. The fraction of sp³-hybridized carbons (Fsp3) is 0.250.